The van der Waals surface area contributed by atoms with Crippen LogP contribution in [-0.2, 0) is 26.5 Å². The molecule has 0 saturated carbocycles. The fraction of sp³-hybridized carbons (Fsp3) is 0.250. The van der Waals surface area contributed by atoms with Crippen LogP contribution in [0.5, 0.6) is 11.5 Å². The number of hydrogen-bond acceptors (Lipinski definition) is 4. The van der Waals surface area contributed by atoms with Gasteiger partial charge in [-0.2, -0.15) is 6.07 Å². The van der Waals surface area contributed by atoms with Gasteiger partial charge in [0.15, 0.2) is 0 Å². The molecule has 0 amide bonds. The SMILES string of the molecule is Cc1cc(Oc2[c-]c3c(cc2)c2cc(C)ccc2n3-c2cc(C(C)(C)C)ccn2)[c-]c(C2=N[C@](C)(C(c3ccccc3)c3ccccc3)C(C)(C)N2c2c(C)cccc2C)c1.[Pt+2]. The van der Waals surface area contributed by atoms with Gasteiger partial charge in [0.05, 0.1) is 16.9 Å². The van der Waals surface area contributed by atoms with E-state index in [1.165, 1.54) is 39.1 Å². The Kier molecular flexibility index (Phi) is 11.2. The molecule has 0 radical (unpaired) electrons. The molecule has 0 fully saturated rings. The van der Waals surface area contributed by atoms with Crippen LogP contribution in [0.25, 0.3) is 27.6 Å². The number of amidine groups is 1. The number of aliphatic imine (C=N–C) groups is 1. The van der Waals surface area contributed by atoms with Crippen molar-refractivity contribution >= 4 is 33.3 Å². The van der Waals surface area contributed by atoms with E-state index in [2.05, 4.69) is 218 Å². The molecule has 2 aromatic heterocycles. The summed E-state index contributed by atoms with van der Waals surface area (Å²) in [6.45, 7) is 22.4. The number of benzene rings is 6. The Bertz CT molecular complexity index is 2920. The molecule has 0 aliphatic carbocycles. The largest absolute Gasteiger partial charge is 2.00 e. The van der Waals surface area contributed by atoms with Crippen LogP contribution in [0.15, 0.2) is 145 Å². The van der Waals surface area contributed by atoms with Gasteiger partial charge < -0.3 is 19.2 Å². The van der Waals surface area contributed by atoms with Gasteiger partial charge in [0, 0.05) is 34.8 Å². The van der Waals surface area contributed by atoms with Crippen LogP contribution in [0, 0.1) is 39.8 Å². The summed E-state index contributed by atoms with van der Waals surface area (Å²) in [6, 6.07) is 54.9. The minimum atomic E-state index is -0.610. The summed E-state index contributed by atoms with van der Waals surface area (Å²) < 4.78 is 9.03. The number of rotatable bonds is 8. The second-order valence-electron chi connectivity index (χ2n) is 18.6. The van der Waals surface area contributed by atoms with E-state index in [1.54, 1.807) is 0 Å². The molecule has 1 aliphatic heterocycles. The monoisotopic (exact) mass is 993 g/mol. The molecule has 0 saturated heterocycles. The number of fused-ring (bicyclic) bond motifs is 3. The Labute approximate surface area is 381 Å². The summed E-state index contributed by atoms with van der Waals surface area (Å²) in [5.74, 6) is 2.90. The van der Waals surface area contributed by atoms with E-state index in [4.69, 9.17) is 14.7 Å². The van der Waals surface area contributed by atoms with Crippen LogP contribution in [-0.4, -0.2) is 26.5 Å². The molecule has 0 bridgehead atoms. The van der Waals surface area contributed by atoms with Crippen molar-refractivity contribution in [2.24, 2.45) is 4.99 Å². The van der Waals surface area contributed by atoms with Gasteiger partial charge in [-0.15, -0.1) is 34.7 Å². The number of nitrogens with zero attached hydrogens (tertiary/aromatic N) is 4. The quantitative estimate of drug-likeness (QED) is 0.143. The molecular weight excluding hydrogens is 940 g/mol. The molecule has 314 valence electrons. The normalized spacial score (nSPS) is 16.2. The summed E-state index contributed by atoms with van der Waals surface area (Å²) in [4.78, 5) is 13.3. The first-order valence-electron chi connectivity index (χ1n) is 21.4. The van der Waals surface area contributed by atoms with Crippen molar-refractivity contribution in [1.29, 1.82) is 0 Å². The van der Waals surface area contributed by atoms with Gasteiger partial charge in [0.2, 0.25) is 0 Å². The zero-order valence-electron chi connectivity index (χ0n) is 37.4. The van der Waals surface area contributed by atoms with E-state index in [0.29, 0.717) is 11.5 Å². The van der Waals surface area contributed by atoms with Gasteiger partial charge in [-0.05, 0) is 98.4 Å². The van der Waals surface area contributed by atoms with Gasteiger partial charge in [0.25, 0.3) is 0 Å². The van der Waals surface area contributed by atoms with Gasteiger partial charge in [0.1, 0.15) is 5.82 Å². The molecule has 0 spiro atoms. The first-order chi connectivity index (χ1) is 29.1. The molecule has 8 aromatic rings. The van der Waals surface area contributed by atoms with E-state index >= 15 is 0 Å². The fourth-order valence-electron chi connectivity index (χ4n) is 9.49. The third-order valence-electron chi connectivity index (χ3n) is 12.9. The minimum Gasteiger partial charge on any atom is -0.503 e. The van der Waals surface area contributed by atoms with Crippen molar-refractivity contribution in [3.8, 4) is 17.3 Å². The molecule has 1 atom stereocenters. The molecule has 6 heteroatoms. The standard InChI is InChI=1S/C56H54N4O.Pt/c1-36-24-27-48-47(32-36)46-26-25-44(35-49(46)59(48)50-34-43(28-29-57-50)54(5,6)7)61-45-31-37(2)30-42(33-45)53-58-56(10,55(8,9)60(53)52-38(3)18-17-19-39(52)4)51(40-20-13-11-14-21-40)41-22-15-12-16-23-41;/h11-32,34,51H,1-10H3;/q-2;+2/t56-;/m1./s1. The summed E-state index contributed by atoms with van der Waals surface area (Å²) >= 11 is 0. The van der Waals surface area contributed by atoms with Gasteiger partial charge in [-0.1, -0.05) is 142 Å². The van der Waals surface area contributed by atoms with E-state index in [9.17, 15) is 0 Å². The Morgan fingerprint density at radius 1 is 0.645 bits per heavy atom. The molecule has 1 aliphatic rings. The molecular formula is C56H54N4OPt. The Balaban J connectivity index is 0.00000529. The first kappa shape index (κ1) is 42.9. The van der Waals surface area contributed by atoms with Crippen LogP contribution in [0.4, 0.5) is 5.69 Å². The number of ether oxygens (including phenoxy) is 1. The third kappa shape index (κ3) is 7.39. The second-order valence-corrected chi connectivity index (χ2v) is 18.6. The molecule has 0 N–H and O–H groups in total. The molecule has 62 heavy (non-hydrogen) atoms. The maximum Gasteiger partial charge on any atom is 2.00 e. The van der Waals surface area contributed by atoms with E-state index in [-0.39, 0.29) is 32.4 Å². The average molecular weight is 994 g/mol. The topological polar surface area (TPSA) is 42.6 Å². The van der Waals surface area contributed by atoms with Crippen molar-refractivity contribution in [3.63, 3.8) is 0 Å². The number of para-hydroxylation sites is 1. The van der Waals surface area contributed by atoms with Gasteiger partial charge >= 0.3 is 21.1 Å². The molecule has 3 heterocycles. The minimum absolute atomic E-state index is 0. The van der Waals surface area contributed by atoms with Crippen LogP contribution < -0.4 is 9.64 Å². The number of hydrogen-bond donors (Lipinski definition) is 0. The van der Waals surface area contributed by atoms with Gasteiger partial charge in [-0.3, -0.25) is 0 Å². The summed E-state index contributed by atoms with van der Waals surface area (Å²) in [5.41, 5.74) is 11.2. The van der Waals surface area contributed by atoms with Crippen molar-refractivity contribution < 1.29 is 25.8 Å². The molecule has 6 aromatic carbocycles. The zero-order valence-corrected chi connectivity index (χ0v) is 39.6. The summed E-state index contributed by atoms with van der Waals surface area (Å²) in [5, 5.41) is 2.26. The van der Waals surface area contributed by atoms with Crippen molar-refractivity contribution in [3.05, 3.63) is 196 Å². The maximum atomic E-state index is 6.82. The predicted molar refractivity (Wildman–Crippen MR) is 253 cm³/mol. The smallest absolute Gasteiger partial charge is 0.503 e. The van der Waals surface area contributed by atoms with Crippen LogP contribution in [0.2, 0.25) is 0 Å². The Morgan fingerprint density at radius 3 is 1.95 bits per heavy atom. The van der Waals surface area contributed by atoms with E-state index < -0.39 is 11.1 Å². The molecule has 0 unspecified atom stereocenters. The van der Waals surface area contributed by atoms with E-state index in [0.717, 1.165) is 44.6 Å². The first-order valence-corrected chi connectivity index (χ1v) is 21.4. The van der Waals surface area contributed by atoms with Crippen molar-refractivity contribution in [2.75, 3.05) is 4.90 Å². The maximum absolute atomic E-state index is 6.82. The zero-order chi connectivity index (χ0) is 42.8. The second kappa shape index (κ2) is 16.2. The average Bonchev–Trinajstić information content (AvgIpc) is 3.65. The number of anilines is 1. The van der Waals surface area contributed by atoms with Crippen molar-refractivity contribution in [1.82, 2.24) is 9.55 Å². The van der Waals surface area contributed by atoms with Crippen LogP contribution in [0.3, 0.4) is 0 Å². The number of aryl methyl sites for hydroxylation is 4. The van der Waals surface area contributed by atoms with Crippen molar-refractivity contribution in [2.45, 2.75) is 91.6 Å². The number of aromatic nitrogens is 2. The Morgan fingerprint density at radius 2 is 1.31 bits per heavy atom. The predicted octanol–water partition coefficient (Wildman–Crippen LogP) is 13.7. The number of pyridine rings is 1. The molecule has 5 nitrogen and oxygen atoms in total. The fourth-order valence-corrected chi connectivity index (χ4v) is 9.49. The van der Waals surface area contributed by atoms with Crippen LogP contribution in [0.1, 0.15) is 92.0 Å². The van der Waals surface area contributed by atoms with E-state index in [1.807, 2.05) is 12.3 Å². The van der Waals surface area contributed by atoms with Gasteiger partial charge in [-0.25, -0.2) is 4.98 Å². The molecule has 9 rings (SSSR count). The van der Waals surface area contributed by atoms with Crippen LogP contribution >= 0.6 is 0 Å². The third-order valence-corrected chi connectivity index (χ3v) is 12.9. The summed E-state index contributed by atoms with van der Waals surface area (Å²) in [6.07, 6.45) is 1.91. The Hall–Kier alpha value is -5.77. The summed E-state index contributed by atoms with van der Waals surface area (Å²) in [7, 11) is 0.